The maximum atomic E-state index is 13.3. The summed E-state index contributed by atoms with van der Waals surface area (Å²) in [5.41, 5.74) is -0.154. The Labute approximate surface area is 81.1 Å². The van der Waals surface area contributed by atoms with Gasteiger partial charge in [-0.1, -0.05) is 23.7 Å². The first-order valence-corrected chi connectivity index (χ1v) is 4.64. The zero-order chi connectivity index (χ0) is 9.47. The molecule has 0 unspecified atom stereocenters. The number of halogens is 2. The van der Waals surface area contributed by atoms with Crippen molar-refractivity contribution in [3.05, 3.63) is 34.6 Å². The van der Waals surface area contributed by atoms with E-state index >= 15 is 0 Å². The highest BCUT2D eigenvalue weighted by atomic mass is 35.5. The van der Waals surface area contributed by atoms with E-state index in [1.54, 1.807) is 12.1 Å². The van der Waals surface area contributed by atoms with Crippen molar-refractivity contribution in [3.63, 3.8) is 0 Å². The van der Waals surface area contributed by atoms with E-state index in [9.17, 15) is 9.50 Å². The molecule has 70 valence electrons. The predicted octanol–water partition coefficient (Wildman–Crippen LogP) is 2.55. The van der Waals surface area contributed by atoms with Crippen molar-refractivity contribution in [2.24, 2.45) is 0 Å². The number of rotatable bonds is 2. The molecule has 0 aromatic heterocycles. The molecule has 2 rings (SSSR count). The molecule has 1 aromatic carbocycles. The first kappa shape index (κ1) is 8.97. The van der Waals surface area contributed by atoms with E-state index < -0.39 is 11.4 Å². The molecule has 0 aliphatic heterocycles. The van der Waals surface area contributed by atoms with Gasteiger partial charge in [0.2, 0.25) is 0 Å². The molecule has 3 heteroatoms. The molecular weight excluding hydrogens is 191 g/mol. The van der Waals surface area contributed by atoms with Crippen LogP contribution < -0.4 is 0 Å². The second-order valence-corrected chi connectivity index (χ2v) is 4.02. The Morgan fingerprint density at radius 3 is 2.77 bits per heavy atom. The molecule has 1 aromatic rings. The topological polar surface area (TPSA) is 20.2 Å². The first-order chi connectivity index (χ1) is 6.11. The van der Waals surface area contributed by atoms with E-state index in [0.29, 0.717) is 12.0 Å². The van der Waals surface area contributed by atoms with Gasteiger partial charge in [-0.15, -0.1) is 0 Å². The minimum atomic E-state index is -0.661. The van der Waals surface area contributed by atoms with Crippen molar-refractivity contribution in [1.82, 2.24) is 0 Å². The van der Waals surface area contributed by atoms with Crippen LogP contribution >= 0.6 is 11.6 Å². The van der Waals surface area contributed by atoms with Crippen molar-refractivity contribution < 1.29 is 9.50 Å². The van der Waals surface area contributed by atoms with Gasteiger partial charge in [-0.05, 0) is 24.5 Å². The van der Waals surface area contributed by atoms with Crippen LogP contribution in [0, 0.1) is 5.82 Å². The molecule has 0 bridgehead atoms. The number of hydrogen-bond donors (Lipinski definition) is 1. The number of aliphatic hydroxyl groups is 1. The Morgan fingerprint density at radius 1 is 1.46 bits per heavy atom. The zero-order valence-corrected chi connectivity index (χ0v) is 7.81. The lowest BCUT2D eigenvalue weighted by Crippen LogP contribution is -2.11. The van der Waals surface area contributed by atoms with Crippen LogP contribution in [-0.4, -0.2) is 10.7 Å². The Balaban J connectivity index is 2.25. The Hall–Kier alpha value is -0.600. The zero-order valence-electron chi connectivity index (χ0n) is 7.06. The molecule has 0 heterocycles. The van der Waals surface area contributed by atoms with Crippen LogP contribution in [0.15, 0.2) is 18.2 Å². The van der Waals surface area contributed by atoms with Gasteiger partial charge < -0.3 is 5.11 Å². The smallest absolute Gasteiger partial charge is 0.145 e. The summed E-state index contributed by atoms with van der Waals surface area (Å²) < 4.78 is 13.3. The van der Waals surface area contributed by atoms with Crippen LogP contribution in [0.2, 0.25) is 5.02 Å². The van der Waals surface area contributed by atoms with E-state index in [0.717, 1.165) is 12.8 Å². The normalized spacial score (nSPS) is 18.7. The van der Waals surface area contributed by atoms with Crippen LogP contribution in [0.3, 0.4) is 0 Å². The van der Waals surface area contributed by atoms with Crippen molar-refractivity contribution >= 4 is 11.6 Å². The predicted molar refractivity (Wildman–Crippen MR) is 49.3 cm³/mol. The Morgan fingerprint density at radius 2 is 2.15 bits per heavy atom. The molecule has 1 aliphatic carbocycles. The first-order valence-electron chi connectivity index (χ1n) is 4.26. The lowest BCUT2D eigenvalue weighted by atomic mass is 10.1. The highest BCUT2D eigenvalue weighted by Crippen LogP contribution is 2.39. The highest BCUT2D eigenvalue weighted by molar-refractivity contribution is 6.30. The largest absolute Gasteiger partial charge is 0.390 e. The van der Waals surface area contributed by atoms with E-state index in [1.165, 1.54) is 6.07 Å². The molecule has 1 N–H and O–H groups in total. The van der Waals surface area contributed by atoms with Crippen LogP contribution in [-0.2, 0) is 6.42 Å². The molecule has 1 nitrogen and oxygen atoms in total. The summed E-state index contributed by atoms with van der Waals surface area (Å²) in [6, 6.07) is 4.88. The molecule has 1 aliphatic rings. The maximum Gasteiger partial charge on any atom is 0.145 e. The minimum Gasteiger partial charge on any atom is -0.390 e. The fourth-order valence-corrected chi connectivity index (χ4v) is 1.55. The van der Waals surface area contributed by atoms with Crippen LogP contribution in [0.25, 0.3) is 0 Å². The van der Waals surface area contributed by atoms with Gasteiger partial charge in [0.15, 0.2) is 0 Å². The van der Waals surface area contributed by atoms with Gasteiger partial charge in [-0.25, -0.2) is 4.39 Å². The van der Waals surface area contributed by atoms with Gasteiger partial charge in [0.25, 0.3) is 0 Å². The average molecular weight is 201 g/mol. The van der Waals surface area contributed by atoms with Crippen LogP contribution in [0.5, 0.6) is 0 Å². The fourth-order valence-electron chi connectivity index (χ4n) is 1.36. The van der Waals surface area contributed by atoms with Gasteiger partial charge in [-0.3, -0.25) is 0 Å². The summed E-state index contributed by atoms with van der Waals surface area (Å²) in [4.78, 5) is 0. The van der Waals surface area contributed by atoms with E-state index in [1.807, 2.05) is 0 Å². The van der Waals surface area contributed by atoms with E-state index in [4.69, 9.17) is 11.6 Å². The fraction of sp³-hybridized carbons (Fsp3) is 0.400. The van der Waals surface area contributed by atoms with Crippen LogP contribution in [0.1, 0.15) is 18.4 Å². The summed E-state index contributed by atoms with van der Waals surface area (Å²) in [5.74, 6) is -0.399. The molecule has 0 radical (unpaired) electrons. The van der Waals surface area contributed by atoms with E-state index in [-0.39, 0.29) is 5.02 Å². The highest BCUT2D eigenvalue weighted by Gasteiger charge is 2.40. The van der Waals surface area contributed by atoms with Crippen molar-refractivity contribution in [2.75, 3.05) is 0 Å². The molecule has 1 fully saturated rings. The number of benzene rings is 1. The molecule has 0 spiro atoms. The third-order valence-electron chi connectivity index (χ3n) is 2.38. The van der Waals surface area contributed by atoms with Crippen molar-refractivity contribution in [2.45, 2.75) is 24.9 Å². The van der Waals surface area contributed by atoms with E-state index in [2.05, 4.69) is 0 Å². The summed E-state index contributed by atoms with van der Waals surface area (Å²) in [7, 11) is 0. The van der Waals surface area contributed by atoms with Crippen molar-refractivity contribution in [1.29, 1.82) is 0 Å². The van der Waals surface area contributed by atoms with Crippen molar-refractivity contribution in [3.8, 4) is 0 Å². The summed E-state index contributed by atoms with van der Waals surface area (Å²) >= 11 is 5.61. The van der Waals surface area contributed by atoms with Gasteiger partial charge in [0.05, 0.1) is 10.6 Å². The van der Waals surface area contributed by atoms with Gasteiger partial charge in [-0.2, -0.15) is 0 Å². The SMILES string of the molecule is OC1(Cc2cccc(Cl)c2F)CC1. The third kappa shape index (κ3) is 1.84. The minimum absolute atomic E-state index is 0.127. The van der Waals surface area contributed by atoms with Gasteiger partial charge in [0, 0.05) is 6.42 Å². The summed E-state index contributed by atoms with van der Waals surface area (Å²) in [6.45, 7) is 0. The lowest BCUT2D eigenvalue weighted by Gasteiger charge is -2.08. The second-order valence-electron chi connectivity index (χ2n) is 3.61. The van der Waals surface area contributed by atoms with Gasteiger partial charge in [0.1, 0.15) is 5.82 Å². The molecule has 1 saturated carbocycles. The summed E-state index contributed by atoms with van der Waals surface area (Å²) in [5, 5.41) is 9.71. The maximum absolute atomic E-state index is 13.3. The molecule has 0 atom stereocenters. The second kappa shape index (κ2) is 2.96. The molecular formula is C10H10ClFO. The van der Waals surface area contributed by atoms with Gasteiger partial charge >= 0.3 is 0 Å². The standard InChI is InChI=1S/C10H10ClFO/c11-8-3-1-2-7(9(8)12)6-10(13)4-5-10/h1-3,13H,4-6H2. The quantitative estimate of drug-likeness (QED) is 0.778. The lowest BCUT2D eigenvalue weighted by molar-refractivity contribution is 0.149. The Bertz CT molecular complexity index is 334. The number of hydrogen-bond acceptors (Lipinski definition) is 1. The molecule has 13 heavy (non-hydrogen) atoms. The van der Waals surface area contributed by atoms with Crippen LogP contribution in [0.4, 0.5) is 4.39 Å². The molecule has 0 amide bonds. The average Bonchev–Trinajstić information content (AvgIpc) is 2.78. The Kier molecular flexibility index (Phi) is 2.05. The monoisotopic (exact) mass is 200 g/mol. The molecule has 0 saturated heterocycles. The third-order valence-corrected chi connectivity index (χ3v) is 2.67. The summed E-state index contributed by atoms with van der Waals surface area (Å²) in [6.07, 6.45) is 1.90.